The van der Waals surface area contributed by atoms with E-state index in [2.05, 4.69) is 5.32 Å². The fraction of sp³-hybridized carbons (Fsp3) is 0.214. The van der Waals surface area contributed by atoms with E-state index in [-0.39, 0.29) is 17.6 Å². The van der Waals surface area contributed by atoms with Gasteiger partial charge in [0.25, 0.3) is 11.8 Å². The van der Waals surface area contributed by atoms with Crippen molar-refractivity contribution in [1.29, 1.82) is 0 Å². The zero-order chi connectivity index (χ0) is 24.6. The van der Waals surface area contributed by atoms with Gasteiger partial charge in [0.1, 0.15) is 5.82 Å². The van der Waals surface area contributed by atoms with Crippen molar-refractivity contribution in [2.24, 2.45) is 0 Å². The molecule has 1 N–H and O–H groups in total. The van der Waals surface area contributed by atoms with Gasteiger partial charge in [-0.05, 0) is 66.9 Å². The Morgan fingerprint density at radius 3 is 2.54 bits per heavy atom. The summed E-state index contributed by atoms with van der Waals surface area (Å²) in [6, 6.07) is 21.1. The van der Waals surface area contributed by atoms with Crippen molar-refractivity contribution in [2.75, 3.05) is 24.7 Å². The smallest absolute Gasteiger partial charge is 0.265 e. The zero-order valence-corrected chi connectivity index (χ0v) is 20.3. The van der Waals surface area contributed by atoms with Crippen LogP contribution in [0.3, 0.4) is 0 Å². The molecule has 0 aliphatic carbocycles. The molecule has 5 nitrogen and oxygen atoms in total. The van der Waals surface area contributed by atoms with E-state index in [1.807, 2.05) is 49.4 Å². The second-order valence-electron chi connectivity index (χ2n) is 8.02. The standard InChI is InChI=1S/C28H27FN2O3S/c1-2-34-17-5-16-30-27(32)22-12-8-20(9-13-22)18-26-28(33)31(19-21-10-14-23(29)15-11-21)24-6-3-4-7-25(24)35-26/h3-4,6-15,18H,2,5,16-17,19H2,1H3,(H,30,32). The number of nitrogens with one attached hydrogen (secondary N) is 1. The maximum Gasteiger partial charge on any atom is 0.265 e. The summed E-state index contributed by atoms with van der Waals surface area (Å²) in [5.41, 5.74) is 3.07. The molecule has 35 heavy (non-hydrogen) atoms. The van der Waals surface area contributed by atoms with Gasteiger partial charge in [0.15, 0.2) is 0 Å². The highest BCUT2D eigenvalue weighted by Gasteiger charge is 2.29. The number of halogens is 1. The summed E-state index contributed by atoms with van der Waals surface area (Å²) >= 11 is 1.42. The molecule has 1 heterocycles. The first-order valence-electron chi connectivity index (χ1n) is 11.6. The molecule has 0 atom stereocenters. The highest BCUT2D eigenvalue weighted by atomic mass is 32.2. The number of fused-ring (bicyclic) bond motifs is 1. The lowest BCUT2D eigenvalue weighted by molar-refractivity contribution is -0.114. The lowest BCUT2D eigenvalue weighted by Crippen LogP contribution is -2.33. The number of nitrogens with zero attached hydrogens (tertiary/aromatic N) is 1. The van der Waals surface area contributed by atoms with Crippen LogP contribution in [0.4, 0.5) is 10.1 Å². The minimum atomic E-state index is -0.308. The van der Waals surface area contributed by atoms with Crippen molar-refractivity contribution in [3.8, 4) is 0 Å². The third-order valence-electron chi connectivity index (χ3n) is 5.51. The van der Waals surface area contributed by atoms with Crippen LogP contribution in [0.15, 0.2) is 82.6 Å². The van der Waals surface area contributed by atoms with E-state index in [1.165, 1.54) is 23.9 Å². The Balaban J connectivity index is 1.49. The van der Waals surface area contributed by atoms with Crippen LogP contribution in [-0.4, -0.2) is 31.6 Å². The van der Waals surface area contributed by atoms with Crippen LogP contribution in [0.1, 0.15) is 34.8 Å². The average Bonchev–Trinajstić information content (AvgIpc) is 2.88. The van der Waals surface area contributed by atoms with E-state index in [0.29, 0.717) is 36.8 Å². The minimum absolute atomic E-state index is 0.117. The van der Waals surface area contributed by atoms with Gasteiger partial charge in [0.2, 0.25) is 0 Å². The van der Waals surface area contributed by atoms with E-state index in [9.17, 15) is 14.0 Å². The molecule has 1 aliphatic rings. The number of hydrogen-bond donors (Lipinski definition) is 1. The number of para-hydroxylation sites is 1. The van der Waals surface area contributed by atoms with Crippen molar-refractivity contribution < 1.29 is 18.7 Å². The topological polar surface area (TPSA) is 58.6 Å². The Morgan fingerprint density at radius 1 is 1.06 bits per heavy atom. The van der Waals surface area contributed by atoms with Crippen LogP contribution in [0.5, 0.6) is 0 Å². The van der Waals surface area contributed by atoms with Gasteiger partial charge in [-0.1, -0.05) is 48.2 Å². The molecule has 3 aromatic rings. The van der Waals surface area contributed by atoms with E-state index >= 15 is 0 Å². The van der Waals surface area contributed by atoms with Gasteiger partial charge in [-0.15, -0.1) is 0 Å². The number of benzene rings is 3. The van der Waals surface area contributed by atoms with Crippen molar-refractivity contribution in [3.63, 3.8) is 0 Å². The highest BCUT2D eigenvalue weighted by Crippen LogP contribution is 2.42. The summed E-state index contributed by atoms with van der Waals surface area (Å²) in [6.07, 6.45) is 2.60. The lowest BCUT2D eigenvalue weighted by atomic mass is 10.1. The molecule has 0 saturated carbocycles. The number of anilines is 1. The second kappa shape index (κ2) is 11.8. The minimum Gasteiger partial charge on any atom is -0.382 e. The van der Waals surface area contributed by atoms with Gasteiger partial charge in [-0.3, -0.25) is 9.59 Å². The number of hydrogen-bond acceptors (Lipinski definition) is 4. The molecule has 0 fully saturated rings. The molecule has 0 unspecified atom stereocenters. The number of carbonyl (C=O) groups excluding carboxylic acids is 2. The predicted octanol–water partition coefficient (Wildman–Crippen LogP) is 5.66. The number of carbonyl (C=O) groups is 2. The molecule has 0 saturated heterocycles. The Hall–Kier alpha value is -3.42. The van der Waals surface area contributed by atoms with E-state index in [1.54, 1.807) is 29.2 Å². The molecule has 0 bridgehead atoms. The molecule has 0 radical (unpaired) electrons. The molecule has 0 spiro atoms. The number of amides is 2. The number of ether oxygens (including phenoxy) is 1. The maximum atomic E-state index is 13.4. The third-order valence-corrected chi connectivity index (χ3v) is 6.59. The van der Waals surface area contributed by atoms with Crippen molar-refractivity contribution in [1.82, 2.24) is 5.32 Å². The van der Waals surface area contributed by atoms with Crippen LogP contribution < -0.4 is 10.2 Å². The Morgan fingerprint density at radius 2 is 1.80 bits per heavy atom. The van der Waals surface area contributed by atoms with Gasteiger partial charge in [0.05, 0.1) is 17.1 Å². The highest BCUT2D eigenvalue weighted by molar-refractivity contribution is 8.04. The first-order chi connectivity index (χ1) is 17.0. The molecule has 4 rings (SSSR count). The molecule has 180 valence electrons. The predicted molar refractivity (Wildman–Crippen MR) is 138 cm³/mol. The normalized spacial score (nSPS) is 14.2. The molecule has 0 aromatic heterocycles. The summed E-state index contributed by atoms with van der Waals surface area (Å²) in [5.74, 6) is -0.560. The molecular weight excluding hydrogens is 463 g/mol. The van der Waals surface area contributed by atoms with Crippen molar-refractivity contribution in [2.45, 2.75) is 24.8 Å². The second-order valence-corrected chi connectivity index (χ2v) is 9.11. The molecule has 3 aromatic carbocycles. The number of rotatable bonds is 9. The van der Waals surface area contributed by atoms with Gasteiger partial charge < -0.3 is 15.0 Å². The Bertz CT molecular complexity index is 1210. The van der Waals surface area contributed by atoms with Crippen LogP contribution >= 0.6 is 11.8 Å². The summed E-state index contributed by atoms with van der Waals surface area (Å²) in [7, 11) is 0. The Kier molecular flexibility index (Phi) is 8.34. The zero-order valence-electron chi connectivity index (χ0n) is 19.5. The first-order valence-corrected chi connectivity index (χ1v) is 12.4. The molecule has 1 aliphatic heterocycles. The van der Waals surface area contributed by atoms with Gasteiger partial charge >= 0.3 is 0 Å². The van der Waals surface area contributed by atoms with Gasteiger partial charge in [-0.2, -0.15) is 0 Å². The van der Waals surface area contributed by atoms with E-state index in [4.69, 9.17) is 4.74 Å². The molecular formula is C28H27FN2O3S. The van der Waals surface area contributed by atoms with Crippen LogP contribution in [0.25, 0.3) is 6.08 Å². The average molecular weight is 491 g/mol. The van der Waals surface area contributed by atoms with E-state index < -0.39 is 0 Å². The summed E-state index contributed by atoms with van der Waals surface area (Å²) in [6.45, 7) is 4.13. The summed E-state index contributed by atoms with van der Waals surface area (Å²) in [5, 5.41) is 2.89. The van der Waals surface area contributed by atoms with Gasteiger partial charge in [-0.25, -0.2) is 4.39 Å². The third kappa shape index (κ3) is 6.38. The fourth-order valence-corrected chi connectivity index (χ4v) is 4.76. The first kappa shape index (κ1) is 24.7. The van der Waals surface area contributed by atoms with Gasteiger partial charge in [0, 0.05) is 30.2 Å². The SMILES string of the molecule is CCOCCCNC(=O)c1ccc(C=C2Sc3ccccc3N(Cc3ccc(F)cc3)C2=O)cc1. The number of thioether (sulfide) groups is 1. The summed E-state index contributed by atoms with van der Waals surface area (Å²) < 4.78 is 18.6. The molecule has 2 amide bonds. The van der Waals surface area contributed by atoms with Crippen LogP contribution in [0, 0.1) is 5.82 Å². The summed E-state index contributed by atoms with van der Waals surface area (Å²) in [4.78, 5) is 29.0. The van der Waals surface area contributed by atoms with Crippen LogP contribution in [0.2, 0.25) is 0 Å². The quantitative estimate of drug-likeness (QED) is 0.311. The van der Waals surface area contributed by atoms with Crippen LogP contribution in [-0.2, 0) is 16.1 Å². The fourth-order valence-electron chi connectivity index (χ4n) is 3.70. The molecule has 7 heteroatoms. The van der Waals surface area contributed by atoms with Crippen molar-refractivity contribution >= 4 is 35.3 Å². The lowest BCUT2D eigenvalue weighted by Gasteiger charge is -2.30. The van der Waals surface area contributed by atoms with E-state index in [0.717, 1.165) is 28.1 Å². The van der Waals surface area contributed by atoms with Crippen molar-refractivity contribution in [3.05, 3.63) is 100 Å². The monoisotopic (exact) mass is 490 g/mol. The maximum absolute atomic E-state index is 13.4. The Labute approximate surface area is 209 Å². The largest absolute Gasteiger partial charge is 0.382 e.